The van der Waals surface area contributed by atoms with Crippen LogP contribution in [0.3, 0.4) is 0 Å². The van der Waals surface area contributed by atoms with E-state index in [0.29, 0.717) is 29.8 Å². The Balaban J connectivity index is 1.56. The highest BCUT2D eigenvalue weighted by Gasteiger charge is 2.36. The van der Waals surface area contributed by atoms with Crippen molar-refractivity contribution in [3.8, 4) is 0 Å². The Morgan fingerprint density at radius 1 is 1.07 bits per heavy atom. The second kappa shape index (κ2) is 7.26. The first-order valence-corrected chi connectivity index (χ1v) is 9.76. The number of piperazine rings is 1. The molecule has 1 N–H and O–H groups in total. The van der Waals surface area contributed by atoms with Crippen LogP contribution in [-0.4, -0.2) is 36.1 Å². The molecule has 3 aromatic rings. The summed E-state index contributed by atoms with van der Waals surface area (Å²) in [5.74, 6) is -0.717. The van der Waals surface area contributed by atoms with Crippen LogP contribution in [0.15, 0.2) is 36.4 Å². The molecule has 27 heavy (non-hydrogen) atoms. The average Bonchev–Trinajstić information content (AvgIpc) is 3.05. The minimum Gasteiger partial charge on any atom is -0.345 e. The molecule has 3 heterocycles. The number of alkyl halides is 3. The highest BCUT2D eigenvalue weighted by atomic mass is 35.5. The lowest BCUT2D eigenvalue weighted by atomic mass is 10.2. The van der Waals surface area contributed by atoms with Gasteiger partial charge in [-0.25, -0.2) is 9.97 Å². The number of hydrogen-bond donors (Lipinski definition) is 1. The molecular formula is C18H17ClF3N4S+. The molecule has 0 aliphatic carbocycles. The molecule has 1 aliphatic heterocycles. The van der Waals surface area contributed by atoms with E-state index in [9.17, 15) is 13.2 Å². The minimum atomic E-state index is -4.57. The maximum Gasteiger partial charge on any atom is 0.451 e. The lowest BCUT2D eigenvalue weighted by molar-refractivity contribution is -0.914. The second-order valence-electron chi connectivity index (χ2n) is 6.51. The maximum atomic E-state index is 13.2. The van der Waals surface area contributed by atoms with Crippen molar-refractivity contribution in [2.24, 2.45) is 0 Å². The van der Waals surface area contributed by atoms with E-state index in [1.807, 2.05) is 17.0 Å². The van der Waals surface area contributed by atoms with Gasteiger partial charge in [0.05, 0.1) is 40.9 Å². The molecular weight excluding hydrogens is 397 g/mol. The fraction of sp³-hybridized carbons (Fsp3) is 0.333. The Hall–Kier alpha value is -1.90. The number of nitrogens with one attached hydrogen (secondary N) is 1. The van der Waals surface area contributed by atoms with Crippen LogP contribution in [0.5, 0.6) is 0 Å². The fourth-order valence-electron chi connectivity index (χ4n) is 3.33. The Kier molecular flexibility index (Phi) is 4.96. The predicted molar refractivity (Wildman–Crippen MR) is 100 cm³/mol. The number of thiophene rings is 1. The number of anilines is 1. The number of para-hydroxylation sites is 1. The molecule has 1 saturated heterocycles. The van der Waals surface area contributed by atoms with Crippen LogP contribution in [0.25, 0.3) is 10.9 Å². The van der Waals surface area contributed by atoms with Crippen LogP contribution in [0.1, 0.15) is 10.7 Å². The van der Waals surface area contributed by atoms with E-state index < -0.39 is 12.0 Å². The molecule has 0 amide bonds. The van der Waals surface area contributed by atoms with E-state index in [0.717, 1.165) is 24.0 Å². The summed E-state index contributed by atoms with van der Waals surface area (Å²) in [5, 5.41) is 0.652. The van der Waals surface area contributed by atoms with Gasteiger partial charge >= 0.3 is 6.18 Å². The van der Waals surface area contributed by atoms with Crippen LogP contribution in [0.4, 0.5) is 19.0 Å². The Morgan fingerprint density at radius 2 is 1.81 bits per heavy atom. The summed E-state index contributed by atoms with van der Waals surface area (Å²) in [6.07, 6.45) is -4.57. The monoisotopic (exact) mass is 413 g/mol. The van der Waals surface area contributed by atoms with Crippen molar-refractivity contribution in [2.75, 3.05) is 31.1 Å². The normalized spacial score (nSPS) is 16.2. The summed E-state index contributed by atoms with van der Waals surface area (Å²) >= 11 is 7.55. The summed E-state index contributed by atoms with van der Waals surface area (Å²) in [7, 11) is 0. The topological polar surface area (TPSA) is 33.5 Å². The first-order valence-electron chi connectivity index (χ1n) is 8.57. The van der Waals surface area contributed by atoms with Crippen molar-refractivity contribution in [1.82, 2.24) is 9.97 Å². The number of hydrogen-bond acceptors (Lipinski definition) is 4. The molecule has 1 fully saturated rings. The average molecular weight is 414 g/mol. The van der Waals surface area contributed by atoms with E-state index in [1.165, 1.54) is 9.78 Å². The number of benzene rings is 1. The molecule has 9 heteroatoms. The van der Waals surface area contributed by atoms with Gasteiger partial charge in [-0.15, -0.1) is 11.3 Å². The van der Waals surface area contributed by atoms with E-state index in [2.05, 4.69) is 9.97 Å². The molecule has 0 radical (unpaired) electrons. The zero-order chi connectivity index (χ0) is 19.0. The predicted octanol–water partition coefficient (Wildman–Crippen LogP) is 3.27. The van der Waals surface area contributed by atoms with Gasteiger partial charge in [0, 0.05) is 5.39 Å². The zero-order valence-electron chi connectivity index (χ0n) is 14.3. The third-order valence-corrected chi connectivity index (χ3v) is 5.89. The maximum absolute atomic E-state index is 13.2. The minimum absolute atomic E-state index is 0.317. The van der Waals surface area contributed by atoms with Gasteiger partial charge in [0.2, 0.25) is 5.82 Å². The number of rotatable bonds is 3. The van der Waals surface area contributed by atoms with Gasteiger partial charge < -0.3 is 9.80 Å². The van der Waals surface area contributed by atoms with Gasteiger partial charge in [-0.1, -0.05) is 23.7 Å². The SMILES string of the molecule is FC(F)(F)c1nc(N2CC[NH+](Cc3ccc(Cl)s3)CC2)c2ccccc2n1. The van der Waals surface area contributed by atoms with E-state index in [1.54, 1.807) is 35.6 Å². The van der Waals surface area contributed by atoms with Crippen molar-refractivity contribution in [1.29, 1.82) is 0 Å². The molecule has 2 aromatic heterocycles. The highest BCUT2D eigenvalue weighted by Crippen LogP contribution is 2.31. The lowest BCUT2D eigenvalue weighted by Gasteiger charge is -2.33. The summed E-state index contributed by atoms with van der Waals surface area (Å²) in [5.41, 5.74) is 0.317. The van der Waals surface area contributed by atoms with Gasteiger partial charge in [0.25, 0.3) is 0 Å². The van der Waals surface area contributed by atoms with Crippen LogP contribution < -0.4 is 9.80 Å². The van der Waals surface area contributed by atoms with Crippen molar-refractivity contribution >= 4 is 39.7 Å². The molecule has 0 atom stereocenters. The number of fused-ring (bicyclic) bond motifs is 1. The largest absolute Gasteiger partial charge is 0.451 e. The Bertz CT molecular complexity index is 951. The van der Waals surface area contributed by atoms with Crippen LogP contribution in [-0.2, 0) is 12.7 Å². The second-order valence-corrected chi connectivity index (χ2v) is 8.31. The molecule has 142 valence electrons. The first-order chi connectivity index (χ1) is 12.9. The number of halogens is 4. The van der Waals surface area contributed by atoms with Gasteiger partial charge in [0.15, 0.2) is 0 Å². The summed E-state index contributed by atoms with van der Waals surface area (Å²) in [6, 6.07) is 10.8. The van der Waals surface area contributed by atoms with Crippen molar-refractivity contribution in [2.45, 2.75) is 12.7 Å². The first kappa shape index (κ1) is 18.5. The van der Waals surface area contributed by atoms with Crippen molar-refractivity contribution < 1.29 is 18.1 Å². The van der Waals surface area contributed by atoms with Gasteiger partial charge in [-0.05, 0) is 24.3 Å². The van der Waals surface area contributed by atoms with E-state index >= 15 is 0 Å². The van der Waals surface area contributed by atoms with E-state index in [-0.39, 0.29) is 0 Å². The summed E-state index contributed by atoms with van der Waals surface area (Å²) < 4.78 is 40.4. The fourth-order valence-corrected chi connectivity index (χ4v) is 4.49. The molecule has 1 aliphatic rings. The van der Waals surface area contributed by atoms with Gasteiger partial charge in [0.1, 0.15) is 12.4 Å². The van der Waals surface area contributed by atoms with Crippen LogP contribution in [0, 0.1) is 0 Å². The van der Waals surface area contributed by atoms with Crippen LogP contribution in [0.2, 0.25) is 4.34 Å². The highest BCUT2D eigenvalue weighted by molar-refractivity contribution is 7.16. The van der Waals surface area contributed by atoms with Crippen LogP contribution >= 0.6 is 22.9 Å². The molecule has 0 bridgehead atoms. The Labute approximate surface area is 163 Å². The van der Waals surface area contributed by atoms with E-state index in [4.69, 9.17) is 11.6 Å². The number of quaternary nitrogens is 1. The quantitative estimate of drug-likeness (QED) is 0.715. The molecule has 4 nitrogen and oxygen atoms in total. The van der Waals surface area contributed by atoms with Crippen molar-refractivity contribution in [3.05, 3.63) is 51.4 Å². The standard InChI is InChI=1S/C18H16ClF3N4S/c19-15-6-5-12(27-15)11-25-7-9-26(10-8-25)16-13-3-1-2-4-14(13)23-17(24-16)18(20,21)22/h1-6H,7-11H2/p+1. The van der Waals surface area contributed by atoms with Gasteiger partial charge in [-0.2, -0.15) is 13.2 Å². The third kappa shape index (κ3) is 4.02. The lowest BCUT2D eigenvalue weighted by Crippen LogP contribution is -3.13. The summed E-state index contributed by atoms with van der Waals surface area (Å²) in [6.45, 7) is 3.83. The molecule has 1 aromatic carbocycles. The molecule has 4 rings (SSSR count). The number of nitrogens with zero attached hydrogens (tertiary/aromatic N) is 3. The van der Waals surface area contributed by atoms with Gasteiger partial charge in [-0.3, -0.25) is 0 Å². The Morgan fingerprint density at radius 3 is 2.48 bits per heavy atom. The molecule has 0 spiro atoms. The number of aromatic nitrogens is 2. The smallest absolute Gasteiger partial charge is 0.345 e. The summed E-state index contributed by atoms with van der Waals surface area (Å²) in [4.78, 5) is 12.1. The third-order valence-electron chi connectivity index (χ3n) is 4.66. The van der Waals surface area contributed by atoms with Crippen molar-refractivity contribution in [3.63, 3.8) is 0 Å². The molecule has 0 saturated carbocycles. The zero-order valence-corrected chi connectivity index (χ0v) is 15.8. The molecule has 0 unspecified atom stereocenters.